The van der Waals surface area contributed by atoms with Crippen molar-refractivity contribution >= 4 is 11.0 Å². The van der Waals surface area contributed by atoms with E-state index in [2.05, 4.69) is 11.0 Å². The van der Waals surface area contributed by atoms with Crippen molar-refractivity contribution in [3.63, 3.8) is 0 Å². The summed E-state index contributed by atoms with van der Waals surface area (Å²) in [6.45, 7) is 4.10. The van der Waals surface area contributed by atoms with Gasteiger partial charge in [-0.15, -0.1) is 0 Å². The third-order valence-corrected chi connectivity index (χ3v) is 7.06. The van der Waals surface area contributed by atoms with Crippen LogP contribution in [0.3, 0.4) is 0 Å². The lowest BCUT2D eigenvalue weighted by Gasteiger charge is -2.42. The minimum absolute atomic E-state index is 0.0433. The van der Waals surface area contributed by atoms with Gasteiger partial charge in [0, 0.05) is 49.9 Å². The van der Waals surface area contributed by atoms with E-state index in [4.69, 9.17) is 9.15 Å². The zero-order chi connectivity index (χ0) is 23.1. The number of fused-ring (bicyclic) bond motifs is 5. The number of benzene rings is 2. The molecular weight excluding hydrogens is 428 g/mol. The predicted octanol–water partition coefficient (Wildman–Crippen LogP) is 4.12. The largest absolute Gasteiger partial charge is 0.492 e. The second-order valence-corrected chi connectivity index (χ2v) is 9.31. The van der Waals surface area contributed by atoms with Gasteiger partial charge in [-0.25, -0.2) is 0 Å². The number of likely N-dealkylation sites (tertiary alicyclic amines) is 1. The molecule has 6 heteroatoms. The van der Waals surface area contributed by atoms with E-state index >= 15 is 0 Å². The predicted molar refractivity (Wildman–Crippen MR) is 131 cm³/mol. The second kappa shape index (κ2) is 8.61. The maximum Gasteiger partial charge on any atom is 0.250 e. The standard InChI is InChI=1S/C28H26N2O4/c31-27-8-4-7-25-21-13-19(16-30(25)27)15-29(17-21)11-12-33-22-9-10-23-26(14-22)34-18-24(28(23)32)20-5-2-1-3-6-20/h1-10,14,18-19,21H,11-13,15-17H2/t19-,21+/m1/s1. The van der Waals surface area contributed by atoms with E-state index in [9.17, 15) is 9.59 Å². The second-order valence-electron chi connectivity index (χ2n) is 9.31. The molecule has 34 heavy (non-hydrogen) atoms. The van der Waals surface area contributed by atoms with E-state index < -0.39 is 0 Å². The molecule has 2 aliphatic heterocycles. The monoisotopic (exact) mass is 454 g/mol. The number of hydrogen-bond donors (Lipinski definition) is 0. The third-order valence-electron chi connectivity index (χ3n) is 7.06. The highest BCUT2D eigenvalue weighted by molar-refractivity contribution is 5.82. The summed E-state index contributed by atoms with van der Waals surface area (Å²) in [4.78, 5) is 27.6. The Morgan fingerprint density at radius 2 is 1.82 bits per heavy atom. The molecule has 6 nitrogen and oxygen atoms in total. The van der Waals surface area contributed by atoms with Crippen molar-refractivity contribution in [3.8, 4) is 16.9 Å². The SMILES string of the molecule is O=c1c(-c2ccccc2)coc2cc(OCCN3C[C@H]4C[C@@H](C3)c3cccc(=O)n3C4)ccc12. The van der Waals surface area contributed by atoms with E-state index in [1.807, 2.05) is 47.0 Å². The van der Waals surface area contributed by atoms with Crippen molar-refractivity contribution in [1.29, 1.82) is 0 Å². The van der Waals surface area contributed by atoms with Gasteiger partial charge >= 0.3 is 0 Å². The molecule has 1 saturated heterocycles. The van der Waals surface area contributed by atoms with Gasteiger partial charge in [0.2, 0.25) is 0 Å². The summed E-state index contributed by atoms with van der Waals surface area (Å²) >= 11 is 0. The first-order chi connectivity index (χ1) is 16.7. The fourth-order valence-electron chi connectivity index (χ4n) is 5.49. The van der Waals surface area contributed by atoms with E-state index in [0.717, 1.165) is 43.9 Å². The Labute approximate surface area is 197 Å². The van der Waals surface area contributed by atoms with Crippen molar-refractivity contribution in [1.82, 2.24) is 9.47 Å². The molecule has 2 aromatic heterocycles. The van der Waals surface area contributed by atoms with Crippen LogP contribution in [0.2, 0.25) is 0 Å². The lowest BCUT2D eigenvalue weighted by Crippen LogP contribution is -2.48. The first-order valence-electron chi connectivity index (χ1n) is 11.8. The number of nitrogens with zero attached hydrogens (tertiary/aromatic N) is 2. The highest BCUT2D eigenvalue weighted by atomic mass is 16.5. The van der Waals surface area contributed by atoms with Gasteiger partial charge in [0.15, 0.2) is 5.43 Å². The summed E-state index contributed by atoms with van der Waals surface area (Å²) in [6.07, 6.45) is 2.68. The van der Waals surface area contributed by atoms with Crippen LogP contribution < -0.4 is 15.7 Å². The number of rotatable bonds is 5. The average Bonchev–Trinajstić information content (AvgIpc) is 2.85. The quantitative estimate of drug-likeness (QED) is 0.454. The number of ether oxygens (including phenoxy) is 1. The normalized spacial score (nSPS) is 19.6. The van der Waals surface area contributed by atoms with Gasteiger partial charge in [0.25, 0.3) is 5.56 Å². The number of pyridine rings is 1. The van der Waals surface area contributed by atoms with Crippen LogP contribution in [0.1, 0.15) is 18.0 Å². The summed E-state index contributed by atoms with van der Waals surface area (Å²) in [5.41, 5.74) is 3.16. The van der Waals surface area contributed by atoms with E-state index in [1.165, 1.54) is 6.26 Å². The molecule has 2 atom stereocenters. The minimum atomic E-state index is -0.0433. The molecule has 2 aliphatic rings. The van der Waals surface area contributed by atoms with E-state index in [0.29, 0.717) is 40.7 Å². The summed E-state index contributed by atoms with van der Waals surface area (Å²) < 4.78 is 13.8. The number of hydrogen-bond acceptors (Lipinski definition) is 5. The van der Waals surface area contributed by atoms with Crippen LogP contribution in [-0.2, 0) is 6.54 Å². The van der Waals surface area contributed by atoms with Crippen molar-refractivity contribution in [2.24, 2.45) is 5.92 Å². The van der Waals surface area contributed by atoms with Crippen LogP contribution in [0.25, 0.3) is 22.1 Å². The summed E-state index contributed by atoms with van der Waals surface area (Å²) in [7, 11) is 0. The molecule has 0 spiro atoms. The van der Waals surface area contributed by atoms with Gasteiger partial charge in [-0.2, -0.15) is 0 Å². The number of piperidine rings is 1. The first-order valence-corrected chi connectivity index (χ1v) is 11.8. The molecule has 4 heterocycles. The maximum absolute atomic E-state index is 12.9. The molecule has 2 bridgehead atoms. The molecule has 4 aromatic rings. The summed E-state index contributed by atoms with van der Waals surface area (Å²) in [5.74, 6) is 1.59. The van der Waals surface area contributed by atoms with Gasteiger partial charge < -0.3 is 13.7 Å². The fourth-order valence-corrected chi connectivity index (χ4v) is 5.49. The van der Waals surface area contributed by atoms with Crippen molar-refractivity contribution in [2.45, 2.75) is 18.9 Å². The number of aromatic nitrogens is 1. The average molecular weight is 455 g/mol. The van der Waals surface area contributed by atoms with Crippen LogP contribution in [0.5, 0.6) is 5.75 Å². The lowest BCUT2D eigenvalue weighted by molar-refractivity contribution is 0.104. The third kappa shape index (κ3) is 3.84. The van der Waals surface area contributed by atoms with Gasteiger partial charge in [0.1, 0.15) is 24.2 Å². The van der Waals surface area contributed by atoms with Crippen molar-refractivity contribution in [3.05, 3.63) is 99.3 Å². The Kier molecular flexibility index (Phi) is 5.30. The summed E-state index contributed by atoms with van der Waals surface area (Å²) in [6, 6.07) is 20.6. The van der Waals surface area contributed by atoms with Crippen LogP contribution >= 0.6 is 0 Å². The van der Waals surface area contributed by atoms with Crippen molar-refractivity contribution < 1.29 is 9.15 Å². The topological polar surface area (TPSA) is 64.7 Å². The van der Waals surface area contributed by atoms with Gasteiger partial charge in [-0.05, 0) is 36.1 Å². The van der Waals surface area contributed by atoms with Gasteiger partial charge in [0.05, 0.1) is 10.9 Å². The zero-order valence-corrected chi connectivity index (χ0v) is 18.9. The molecule has 0 unspecified atom stereocenters. The molecule has 172 valence electrons. The van der Waals surface area contributed by atoms with Crippen LogP contribution in [0, 0.1) is 5.92 Å². The van der Waals surface area contributed by atoms with Gasteiger partial charge in [-0.3, -0.25) is 14.5 Å². The zero-order valence-electron chi connectivity index (χ0n) is 18.9. The molecule has 1 fully saturated rings. The molecule has 0 saturated carbocycles. The maximum atomic E-state index is 12.9. The highest BCUT2D eigenvalue weighted by Crippen LogP contribution is 2.34. The molecule has 0 radical (unpaired) electrons. The minimum Gasteiger partial charge on any atom is -0.492 e. The van der Waals surface area contributed by atoms with Crippen LogP contribution in [0.15, 0.2) is 87.0 Å². The van der Waals surface area contributed by atoms with E-state index in [-0.39, 0.29) is 11.0 Å². The Bertz CT molecular complexity index is 1460. The smallest absolute Gasteiger partial charge is 0.250 e. The Hall–Kier alpha value is -3.64. The molecule has 0 N–H and O–H groups in total. The van der Waals surface area contributed by atoms with Crippen LogP contribution in [-0.4, -0.2) is 35.7 Å². The molecule has 6 rings (SSSR count). The summed E-state index contributed by atoms with van der Waals surface area (Å²) in [5, 5.41) is 0.548. The fraction of sp³-hybridized carbons (Fsp3) is 0.286. The molecule has 0 aliphatic carbocycles. The van der Waals surface area contributed by atoms with E-state index in [1.54, 1.807) is 18.2 Å². The Balaban J connectivity index is 1.13. The van der Waals surface area contributed by atoms with Crippen LogP contribution in [0.4, 0.5) is 0 Å². The first kappa shape index (κ1) is 20.9. The molecule has 0 amide bonds. The Morgan fingerprint density at radius 3 is 2.71 bits per heavy atom. The van der Waals surface area contributed by atoms with Crippen molar-refractivity contribution in [2.75, 3.05) is 26.2 Å². The lowest BCUT2D eigenvalue weighted by atomic mass is 9.83. The molecule has 2 aromatic carbocycles. The molecular formula is C28H26N2O4. The Morgan fingerprint density at radius 1 is 0.941 bits per heavy atom. The highest BCUT2D eigenvalue weighted by Gasteiger charge is 2.34. The van der Waals surface area contributed by atoms with Gasteiger partial charge in [-0.1, -0.05) is 36.4 Å².